The minimum absolute atomic E-state index is 0.0623. The van der Waals surface area contributed by atoms with Gasteiger partial charge >= 0.3 is 5.69 Å². The SMILES string of the molecule is CC(NCc1cccc([N+](=O)[O-])c1F)C(=O)NC1CC1. The minimum atomic E-state index is -0.861. The first kappa shape index (κ1) is 14.4. The molecule has 0 spiro atoms. The van der Waals surface area contributed by atoms with Crippen molar-refractivity contribution in [3.63, 3.8) is 0 Å². The van der Waals surface area contributed by atoms with Crippen LogP contribution in [-0.2, 0) is 11.3 Å². The minimum Gasteiger partial charge on any atom is -0.352 e. The third kappa shape index (κ3) is 3.51. The number of nitrogens with one attached hydrogen (secondary N) is 2. The van der Waals surface area contributed by atoms with Crippen molar-refractivity contribution in [2.75, 3.05) is 0 Å². The normalized spacial score (nSPS) is 15.7. The van der Waals surface area contributed by atoms with Crippen molar-refractivity contribution in [1.82, 2.24) is 10.6 Å². The summed E-state index contributed by atoms with van der Waals surface area (Å²) in [6.45, 7) is 1.74. The summed E-state index contributed by atoms with van der Waals surface area (Å²) in [5, 5.41) is 16.3. The molecule has 0 aliphatic heterocycles. The predicted octanol–water partition coefficient (Wildman–Crippen LogP) is 1.49. The highest BCUT2D eigenvalue weighted by Crippen LogP contribution is 2.20. The van der Waals surface area contributed by atoms with Crippen molar-refractivity contribution in [1.29, 1.82) is 0 Å². The zero-order chi connectivity index (χ0) is 14.7. The molecule has 6 nitrogen and oxygen atoms in total. The Hall–Kier alpha value is -2.02. The molecule has 1 saturated carbocycles. The second-order valence-corrected chi connectivity index (χ2v) is 4.89. The molecule has 1 aromatic rings. The zero-order valence-corrected chi connectivity index (χ0v) is 11.1. The third-order valence-electron chi connectivity index (χ3n) is 3.17. The number of nitro benzene ring substituents is 1. The van der Waals surface area contributed by atoms with E-state index in [4.69, 9.17) is 0 Å². The van der Waals surface area contributed by atoms with Gasteiger partial charge in [0, 0.05) is 24.2 Å². The average molecular weight is 281 g/mol. The number of nitrogens with zero attached hydrogens (tertiary/aromatic N) is 1. The van der Waals surface area contributed by atoms with E-state index in [0.29, 0.717) is 0 Å². The number of rotatable bonds is 6. The first-order valence-electron chi connectivity index (χ1n) is 6.44. The van der Waals surface area contributed by atoms with Gasteiger partial charge in [-0.05, 0) is 19.8 Å². The Bertz CT molecular complexity index is 532. The van der Waals surface area contributed by atoms with E-state index in [2.05, 4.69) is 10.6 Å². The Kier molecular flexibility index (Phi) is 4.29. The van der Waals surface area contributed by atoms with Crippen molar-refractivity contribution >= 4 is 11.6 Å². The van der Waals surface area contributed by atoms with Gasteiger partial charge in [0.05, 0.1) is 11.0 Å². The highest BCUT2D eigenvalue weighted by atomic mass is 19.1. The van der Waals surface area contributed by atoms with Crippen LogP contribution in [0.15, 0.2) is 18.2 Å². The monoisotopic (exact) mass is 281 g/mol. The van der Waals surface area contributed by atoms with E-state index in [1.807, 2.05) is 0 Å². The Morgan fingerprint density at radius 2 is 2.25 bits per heavy atom. The first-order valence-corrected chi connectivity index (χ1v) is 6.44. The van der Waals surface area contributed by atoms with E-state index < -0.39 is 22.5 Å². The summed E-state index contributed by atoms with van der Waals surface area (Å²) in [5.74, 6) is -1.00. The van der Waals surface area contributed by atoms with Gasteiger partial charge in [-0.15, -0.1) is 0 Å². The molecule has 1 fully saturated rings. The third-order valence-corrected chi connectivity index (χ3v) is 3.17. The molecule has 0 bridgehead atoms. The Morgan fingerprint density at radius 3 is 2.85 bits per heavy atom. The van der Waals surface area contributed by atoms with Crippen LogP contribution in [0.3, 0.4) is 0 Å². The first-order chi connectivity index (χ1) is 9.49. The van der Waals surface area contributed by atoms with Gasteiger partial charge in [-0.3, -0.25) is 14.9 Å². The summed E-state index contributed by atoms with van der Waals surface area (Å²) in [5.41, 5.74) is -0.385. The zero-order valence-electron chi connectivity index (χ0n) is 11.1. The smallest absolute Gasteiger partial charge is 0.305 e. The van der Waals surface area contributed by atoms with Gasteiger partial charge in [-0.2, -0.15) is 4.39 Å². The lowest BCUT2D eigenvalue weighted by atomic mass is 10.1. The van der Waals surface area contributed by atoms with Gasteiger partial charge in [-0.25, -0.2) is 0 Å². The molecule has 1 aliphatic carbocycles. The maximum atomic E-state index is 13.8. The van der Waals surface area contributed by atoms with Crippen molar-refractivity contribution in [2.45, 2.75) is 38.4 Å². The van der Waals surface area contributed by atoms with E-state index in [9.17, 15) is 19.3 Å². The van der Waals surface area contributed by atoms with Crippen LogP contribution in [0.5, 0.6) is 0 Å². The molecular weight excluding hydrogens is 265 g/mol. The molecule has 0 aromatic heterocycles. The average Bonchev–Trinajstić information content (AvgIpc) is 3.20. The summed E-state index contributed by atoms with van der Waals surface area (Å²) >= 11 is 0. The van der Waals surface area contributed by atoms with E-state index in [1.165, 1.54) is 12.1 Å². The summed E-state index contributed by atoms with van der Waals surface area (Å²) < 4.78 is 13.8. The van der Waals surface area contributed by atoms with Crippen LogP contribution in [0.2, 0.25) is 0 Å². The molecule has 1 amide bonds. The quantitative estimate of drug-likeness (QED) is 0.611. The number of carbonyl (C=O) groups excluding carboxylic acids is 1. The van der Waals surface area contributed by atoms with Crippen LogP contribution in [0, 0.1) is 15.9 Å². The molecule has 0 radical (unpaired) electrons. The van der Waals surface area contributed by atoms with E-state index in [0.717, 1.165) is 18.9 Å². The van der Waals surface area contributed by atoms with Gasteiger partial charge in [-0.1, -0.05) is 12.1 Å². The number of carbonyl (C=O) groups is 1. The molecule has 0 saturated heterocycles. The maximum absolute atomic E-state index is 13.8. The lowest BCUT2D eigenvalue weighted by Gasteiger charge is -2.14. The van der Waals surface area contributed by atoms with Crippen molar-refractivity contribution < 1.29 is 14.1 Å². The maximum Gasteiger partial charge on any atom is 0.305 e. The van der Waals surface area contributed by atoms with Crippen LogP contribution in [0.25, 0.3) is 0 Å². The summed E-state index contributed by atoms with van der Waals surface area (Å²) in [6.07, 6.45) is 2.00. The molecule has 108 valence electrons. The van der Waals surface area contributed by atoms with Gasteiger partial charge < -0.3 is 10.6 Å². The molecule has 1 aliphatic rings. The molecular formula is C13H16FN3O3. The highest BCUT2D eigenvalue weighted by Gasteiger charge is 2.25. The van der Waals surface area contributed by atoms with E-state index >= 15 is 0 Å². The van der Waals surface area contributed by atoms with Crippen LogP contribution < -0.4 is 10.6 Å². The number of halogens is 1. The number of hydrogen-bond acceptors (Lipinski definition) is 4. The van der Waals surface area contributed by atoms with Gasteiger partial charge in [0.2, 0.25) is 11.7 Å². The highest BCUT2D eigenvalue weighted by molar-refractivity contribution is 5.81. The van der Waals surface area contributed by atoms with Crippen LogP contribution in [0.4, 0.5) is 10.1 Å². The van der Waals surface area contributed by atoms with Crippen molar-refractivity contribution in [3.8, 4) is 0 Å². The Morgan fingerprint density at radius 1 is 1.55 bits per heavy atom. The molecule has 2 N–H and O–H groups in total. The number of nitro groups is 1. The van der Waals surface area contributed by atoms with E-state index in [-0.39, 0.29) is 24.1 Å². The molecule has 0 heterocycles. The fourth-order valence-electron chi connectivity index (χ4n) is 1.75. The molecule has 20 heavy (non-hydrogen) atoms. The van der Waals surface area contributed by atoms with E-state index in [1.54, 1.807) is 6.92 Å². The van der Waals surface area contributed by atoms with Crippen molar-refractivity contribution in [2.24, 2.45) is 0 Å². The molecule has 1 atom stereocenters. The van der Waals surface area contributed by atoms with Gasteiger partial charge in [0.25, 0.3) is 0 Å². The van der Waals surface area contributed by atoms with Crippen LogP contribution in [-0.4, -0.2) is 22.9 Å². The fourth-order valence-corrected chi connectivity index (χ4v) is 1.75. The predicted molar refractivity (Wildman–Crippen MR) is 70.5 cm³/mol. The lowest BCUT2D eigenvalue weighted by Crippen LogP contribution is -2.42. The largest absolute Gasteiger partial charge is 0.352 e. The molecule has 1 unspecified atom stereocenters. The van der Waals surface area contributed by atoms with Crippen molar-refractivity contribution in [3.05, 3.63) is 39.7 Å². The fraction of sp³-hybridized carbons (Fsp3) is 0.462. The Balaban J connectivity index is 1.94. The van der Waals surface area contributed by atoms with Gasteiger partial charge in [0.15, 0.2) is 0 Å². The summed E-state index contributed by atoms with van der Waals surface area (Å²) in [7, 11) is 0. The second kappa shape index (κ2) is 5.96. The number of amides is 1. The summed E-state index contributed by atoms with van der Waals surface area (Å²) in [4.78, 5) is 21.6. The molecule has 2 rings (SSSR count). The lowest BCUT2D eigenvalue weighted by molar-refractivity contribution is -0.387. The van der Waals surface area contributed by atoms with Crippen LogP contribution >= 0.6 is 0 Å². The topological polar surface area (TPSA) is 84.3 Å². The summed E-state index contributed by atoms with van der Waals surface area (Å²) in [6, 6.07) is 3.78. The Labute approximate surface area is 115 Å². The molecule has 1 aromatic carbocycles. The second-order valence-electron chi connectivity index (χ2n) is 4.89. The van der Waals surface area contributed by atoms with Gasteiger partial charge in [0.1, 0.15) is 0 Å². The number of benzene rings is 1. The van der Waals surface area contributed by atoms with Crippen LogP contribution in [0.1, 0.15) is 25.3 Å². The molecule has 7 heteroatoms. The number of hydrogen-bond donors (Lipinski definition) is 2. The standard InChI is InChI=1S/C13H16FN3O3/c1-8(13(18)16-10-5-6-10)15-7-9-3-2-4-11(12(9)14)17(19)20/h2-4,8,10,15H,5-7H2,1H3,(H,16,18).